The molecular weight excluding hydrogens is 688 g/mol. The molecule has 54 heavy (non-hydrogen) atoms. The molecule has 8 N–H and O–H groups in total. The highest BCUT2D eigenvalue weighted by atomic mass is 16.3. The van der Waals surface area contributed by atoms with Gasteiger partial charge in [0.2, 0.25) is 35.4 Å². The highest BCUT2D eigenvalue weighted by Gasteiger charge is 2.33. The fraction of sp³-hybridized carbons (Fsp3) is 0.415. The number of hydrogen-bond donors (Lipinski definition) is 7. The predicted molar refractivity (Wildman–Crippen MR) is 205 cm³/mol. The van der Waals surface area contributed by atoms with Crippen LogP contribution in [0.25, 0.3) is 0 Å². The maximum Gasteiger partial charge on any atom is 0.249 e. The van der Waals surface area contributed by atoms with Crippen LogP contribution in [-0.2, 0) is 48.0 Å². The molecular formula is C41H54N6O7. The van der Waals surface area contributed by atoms with Crippen LogP contribution in [0.3, 0.4) is 0 Å². The average Bonchev–Trinajstić information content (AvgIpc) is 3.13. The van der Waals surface area contributed by atoms with Crippen LogP contribution in [0, 0.1) is 11.8 Å². The second-order valence-electron chi connectivity index (χ2n) is 14.3. The summed E-state index contributed by atoms with van der Waals surface area (Å²) in [6.07, 6.45) is -0.931. The molecule has 0 radical (unpaired) electrons. The summed E-state index contributed by atoms with van der Waals surface area (Å²) in [7, 11) is 0. The van der Waals surface area contributed by atoms with E-state index in [1.165, 1.54) is 6.92 Å². The zero-order valence-corrected chi connectivity index (χ0v) is 31.6. The van der Waals surface area contributed by atoms with Crippen molar-refractivity contribution in [2.24, 2.45) is 17.6 Å². The van der Waals surface area contributed by atoms with E-state index in [1.807, 2.05) is 32.0 Å². The van der Waals surface area contributed by atoms with Crippen LogP contribution < -0.4 is 32.3 Å². The van der Waals surface area contributed by atoms with Crippen molar-refractivity contribution in [3.8, 4) is 0 Å². The van der Waals surface area contributed by atoms with Gasteiger partial charge in [0.1, 0.15) is 36.3 Å². The summed E-state index contributed by atoms with van der Waals surface area (Å²) < 4.78 is 0. The number of aliphatic hydroxyl groups is 1. The van der Waals surface area contributed by atoms with Crippen molar-refractivity contribution >= 4 is 35.4 Å². The van der Waals surface area contributed by atoms with Crippen LogP contribution in [0.5, 0.6) is 0 Å². The number of rotatable bonds is 20. The quantitative estimate of drug-likeness (QED) is 0.0911. The van der Waals surface area contributed by atoms with Crippen LogP contribution in [0.1, 0.15) is 57.7 Å². The number of hydrogen-bond acceptors (Lipinski definition) is 7. The maximum atomic E-state index is 14.1. The first-order chi connectivity index (χ1) is 25.6. The van der Waals surface area contributed by atoms with Gasteiger partial charge >= 0.3 is 0 Å². The lowest BCUT2D eigenvalue weighted by molar-refractivity contribution is -0.136. The third kappa shape index (κ3) is 14.1. The first-order valence-electron chi connectivity index (χ1n) is 18.3. The summed E-state index contributed by atoms with van der Waals surface area (Å²) in [4.78, 5) is 79.7. The number of aliphatic hydroxyl groups excluding tert-OH is 1. The highest BCUT2D eigenvalue weighted by Crippen LogP contribution is 2.11. The lowest BCUT2D eigenvalue weighted by atomic mass is 9.98. The maximum absolute atomic E-state index is 14.1. The van der Waals surface area contributed by atoms with Crippen molar-refractivity contribution in [1.82, 2.24) is 26.6 Å². The SMILES string of the molecule is CC(C)C[C@@H](NC(=O)[C@H](NC(=O)[C@@H](Cc1ccccc1)NC(=O)[C@@H](Cc1ccccc1)NC(=O)[C@@H](C)NC(=O)[C@H](O)Cc1ccccc1)C(C)C)C(N)=O. The van der Waals surface area contributed by atoms with Gasteiger partial charge in [-0.3, -0.25) is 28.8 Å². The van der Waals surface area contributed by atoms with Crippen LogP contribution >= 0.6 is 0 Å². The number of nitrogens with two attached hydrogens (primary N) is 1. The second-order valence-corrected chi connectivity index (χ2v) is 14.3. The zero-order valence-electron chi connectivity index (χ0n) is 31.6. The van der Waals surface area contributed by atoms with Crippen molar-refractivity contribution in [3.63, 3.8) is 0 Å². The predicted octanol–water partition coefficient (Wildman–Crippen LogP) is 1.71. The summed E-state index contributed by atoms with van der Waals surface area (Å²) in [6, 6.07) is 21.4. The van der Waals surface area contributed by atoms with E-state index in [9.17, 15) is 33.9 Å². The molecule has 0 aliphatic heterocycles. The third-order valence-electron chi connectivity index (χ3n) is 8.77. The van der Waals surface area contributed by atoms with E-state index in [2.05, 4.69) is 26.6 Å². The minimum absolute atomic E-state index is 0.0495. The molecule has 0 unspecified atom stereocenters. The third-order valence-corrected chi connectivity index (χ3v) is 8.77. The molecule has 0 saturated carbocycles. The summed E-state index contributed by atoms with van der Waals surface area (Å²) >= 11 is 0. The van der Waals surface area contributed by atoms with Crippen molar-refractivity contribution in [3.05, 3.63) is 108 Å². The van der Waals surface area contributed by atoms with Crippen molar-refractivity contribution < 1.29 is 33.9 Å². The van der Waals surface area contributed by atoms with Crippen molar-refractivity contribution in [2.75, 3.05) is 0 Å². The van der Waals surface area contributed by atoms with Crippen LogP contribution in [0.4, 0.5) is 0 Å². The lowest BCUT2D eigenvalue weighted by Gasteiger charge is -2.28. The van der Waals surface area contributed by atoms with E-state index in [-0.39, 0.29) is 25.2 Å². The van der Waals surface area contributed by atoms with E-state index in [0.29, 0.717) is 6.42 Å². The molecule has 3 aromatic carbocycles. The summed E-state index contributed by atoms with van der Waals surface area (Å²) in [5.41, 5.74) is 7.74. The number of nitrogens with one attached hydrogen (secondary N) is 5. The number of carbonyl (C=O) groups excluding carboxylic acids is 6. The molecule has 6 amide bonds. The molecule has 6 atom stereocenters. The van der Waals surface area contributed by atoms with Gasteiger partial charge in [-0.15, -0.1) is 0 Å². The molecule has 290 valence electrons. The van der Waals surface area contributed by atoms with Gasteiger partial charge in [0.05, 0.1) is 0 Å². The van der Waals surface area contributed by atoms with Crippen LogP contribution in [-0.4, -0.2) is 76.9 Å². The monoisotopic (exact) mass is 742 g/mol. The average molecular weight is 743 g/mol. The van der Waals surface area contributed by atoms with Gasteiger partial charge in [-0.05, 0) is 41.9 Å². The number of amides is 6. The molecule has 0 aromatic heterocycles. The Balaban J connectivity index is 1.82. The fourth-order valence-corrected chi connectivity index (χ4v) is 5.76. The topological polar surface area (TPSA) is 209 Å². The van der Waals surface area contributed by atoms with E-state index < -0.39 is 77.7 Å². The van der Waals surface area contributed by atoms with Gasteiger partial charge < -0.3 is 37.4 Å². The molecule has 3 aromatic rings. The Kier molecular flexibility index (Phi) is 16.8. The molecule has 0 fully saturated rings. The van der Waals surface area contributed by atoms with Gasteiger partial charge in [0.15, 0.2) is 0 Å². The normalized spacial score (nSPS) is 14.4. The smallest absolute Gasteiger partial charge is 0.249 e. The molecule has 0 bridgehead atoms. The molecule has 0 aliphatic rings. The molecule has 0 heterocycles. The number of primary amides is 1. The van der Waals surface area contributed by atoms with Gasteiger partial charge in [-0.25, -0.2) is 0 Å². The molecule has 0 spiro atoms. The summed E-state index contributed by atoms with van der Waals surface area (Å²) in [5.74, 6) is -4.38. The Labute approximate surface area is 317 Å². The van der Waals surface area contributed by atoms with Crippen molar-refractivity contribution in [2.45, 2.75) is 96.6 Å². The Bertz CT molecular complexity index is 1690. The first-order valence-corrected chi connectivity index (χ1v) is 18.3. The van der Waals surface area contributed by atoms with Gasteiger partial charge in [0, 0.05) is 19.3 Å². The minimum atomic E-state index is -1.41. The fourth-order valence-electron chi connectivity index (χ4n) is 5.76. The number of carbonyl (C=O) groups is 6. The van der Waals surface area contributed by atoms with Gasteiger partial charge in [-0.2, -0.15) is 0 Å². The Hall–Kier alpha value is -5.56. The largest absolute Gasteiger partial charge is 0.383 e. The Morgan fingerprint density at radius 3 is 1.35 bits per heavy atom. The van der Waals surface area contributed by atoms with E-state index in [4.69, 9.17) is 5.73 Å². The molecule has 0 aliphatic carbocycles. The van der Waals surface area contributed by atoms with E-state index >= 15 is 0 Å². The zero-order chi connectivity index (χ0) is 39.8. The lowest BCUT2D eigenvalue weighted by Crippen LogP contribution is -2.60. The molecule has 13 heteroatoms. The van der Waals surface area contributed by atoms with Crippen LogP contribution in [0.2, 0.25) is 0 Å². The molecule has 3 rings (SSSR count). The highest BCUT2D eigenvalue weighted by molar-refractivity contribution is 5.96. The Morgan fingerprint density at radius 1 is 0.519 bits per heavy atom. The van der Waals surface area contributed by atoms with Crippen molar-refractivity contribution in [1.29, 1.82) is 0 Å². The molecule has 0 saturated heterocycles. The van der Waals surface area contributed by atoms with Gasteiger partial charge in [0.25, 0.3) is 0 Å². The first kappa shape index (κ1) is 42.8. The molecule has 13 nitrogen and oxygen atoms in total. The number of benzene rings is 3. The minimum Gasteiger partial charge on any atom is -0.383 e. The van der Waals surface area contributed by atoms with Crippen LogP contribution in [0.15, 0.2) is 91.0 Å². The standard InChI is InChI=1S/C41H54N6O7/c1-25(2)21-31(36(42)49)44-41(54)35(26(3)4)47-39(52)33(23-29-17-11-7-12-18-29)46-38(51)32(22-28-15-9-6-10-16-28)45-37(50)27(5)43-40(53)34(48)24-30-19-13-8-14-20-30/h6-20,25-27,31-35,48H,21-24H2,1-5H3,(H2,42,49)(H,43,53)(H,44,54)(H,45,50)(H,46,51)(H,47,52)/t27-,31-,32-,33-,34-,35-/m1/s1. The van der Waals surface area contributed by atoms with E-state index in [1.54, 1.807) is 86.6 Å². The van der Waals surface area contributed by atoms with Gasteiger partial charge in [-0.1, -0.05) is 119 Å². The van der Waals surface area contributed by atoms with E-state index in [0.717, 1.165) is 16.7 Å². The summed E-state index contributed by atoms with van der Waals surface area (Å²) in [5, 5.41) is 23.9. The Morgan fingerprint density at radius 2 is 0.926 bits per heavy atom. The second kappa shape index (κ2) is 21.2. The summed E-state index contributed by atoms with van der Waals surface area (Å²) in [6.45, 7) is 8.70.